The van der Waals surface area contributed by atoms with Crippen molar-refractivity contribution >= 4 is 50.3 Å². The van der Waals surface area contributed by atoms with Gasteiger partial charge in [0.15, 0.2) is 0 Å². The Morgan fingerprint density at radius 3 is 2.47 bits per heavy atom. The first kappa shape index (κ1) is 31.6. The molecular formula is C32H38N4O4S3. The Balaban J connectivity index is 1.48. The van der Waals surface area contributed by atoms with E-state index >= 15 is 0 Å². The van der Waals surface area contributed by atoms with Gasteiger partial charge < -0.3 is 4.74 Å². The number of hydrogen-bond acceptors (Lipinski definition) is 7. The number of aromatic nitrogens is 2. The molecule has 1 aromatic heterocycles. The smallest absolute Gasteiger partial charge is 0.266 e. The monoisotopic (exact) mass is 638 g/mol. The number of hydrogen-bond donors (Lipinski definition) is 0. The molecule has 1 amide bonds. The predicted molar refractivity (Wildman–Crippen MR) is 176 cm³/mol. The highest BCUT2D eigenvalue weighted by Crippen LogP contribution is 2.36. The summed E-state index contributed by atoms with van der Waals surface area (Å²) < 4.78 is 36.9. The zero-order chi connectivity index (χ0) is 30.6. The van der Waals surface area contributed by atoms with Crippen LogP contribution < -0.4 is 0 Å². The van der Waals surface area contributed by atoms with E-state index in [2.05, 4.69) is 6.92 Å². The van der Waals surface area contributed by atoms with Crippen LogP contribution >= 0.6 is 24.0 Å². The summed E-state index contributed by atoms with van der Waals surface area (Å²) in [5, 5.41) is 4.87. The molecule has 2 aliphatic heterocycles. The zero-order valence-electron chi connectivity index (χ0n) is 24.8. The third-order valence-corrected chi connectivity index (χ3v) is 10.7. The van der Waals surface area contributed by atoms with Gasteiger partial charge in [-0.3, -0.25) is 9.69 Å². The van der Waals surface area contributed by atoms with E-state index in [1.54, 1.807) is 27.8 Å². The maximum Gasteiger partial charge on any atom is 0.266 e. The summed E-state index contributed by atoms with van der Waals surface area (Å²) >= 11 is 6.88. The Hall–Kier alpha value is -2.83. The highest BCUT2D eigenvalue weighted by atomic mass is 32.2. The molecule has 0 aliphatic carbocycles. The number of morpholine rings is 1. The largest absolute Gasteiger partial charge is 0.373 e. The molecule has 3 aromatic rings. The van der Waals surface area contributed by atoms with Gasteiger partial charge in [0.05, 0.1) is 27.7 Å². The van der Waals surface area contributed by atoms with Crippen LogP contribution in [-0.2, 0) is 19.6 Å². The minimum atomic E-state index is -3.76. The summed E-state index contributed by atoms with van der Waals surface area (Å²) in [6.45, 7) is 7.15. The zero-order valence-corrected chi connectivity index (χ0v) is 27.3. The number of benzene rings is 2. The normalized spacial score (nSPS) is 20.8. The Morgan fingerprint density at radius 1 is 1.02 bits per heavy atom. The summed E-state index contributed by atoms with van der Waals surface area (Å²) in [5.41, 5.74) is 2.77. The number of nitrogens with zero attached hydrogens (tertiary/aromatic N) is 4. The fourth-order valence-electron chi connectivity index (χ4n) is 5.42. The second kappa shape index (κ2) is 13.9. The molecule has 2 unspecified atom stereocenters. The van der Waals surface area contributed by atoms with Gasteiger partial charge in [-0.15, -0.1) is 0 Å². The van der Waals surface area contributed by atoms with Crippen LogP contribution in [0.1, 0.15) is 58.4 Å². The van der Waals surface area contributed by atoms with Crippen LogP contribution in [0, 0.1) is 0 Å². The number of para-hydroxylation sites is 1. The van der Waals surface area contributed by atoms with Gasteiger partial charge >= 0.3 is 0 Å². The average molecular weight is 639 g/mol. The van der Waals surface area contributed by atoms with Crippen LogP contribution in [0.25, 0.3) is 23.0 Å². The number of carbonyl (C=O) groups excluding carboxylic acids is 1. The van der Waals surface area contributed by atoms with Crippen molar-refractivity contribution in [1.29, 1.82) is 0 Å². The average Bonchev–Trinajstić information content (AvgIpc) is 3.53. The second-order valence-corrected chi connectivity index (χ2v) is 14.7. The second-order valence-electron chi connectivity index (χ2n) is 11.1. The Kier molecular flexibility index (Phi) is 10.2. The van der Waals surface area contributed by atoms with E-state index in [-0.39, 0.29) is 23.0 Å². The number of sulfonamides is 1. The van der Waals surface area contributed by atoms with Gasteiger partial charge in [-0.1, -0.05) is 86.9 Å². The lowest BCUT2D eigenvalue weighted by atomic mass is 10.1. The minimum Gasteiger partial charge on any atom is -0.373 e. The van der Waals surface area contributed by atoms with Gasteiger partial charge in [0.1, 0.15) is 10.0 Å². The highest BCUT2D eigenvalue weighted by Gasteiger charge is 2.34. The first-order chi connectivity index (χ1) is 20.7. The molecule has 2 fully saturated rings. The lowest BCUT2D eigenvalue weighted by Gasteiger charge is -2.34. The van der Waals surface area contributed by atoms with E-state index in [0.717, 1.165) is 24.9 Å². The minimum absolute atomic E-state index is 0.101. The van der Waals surface area contributed by atoms with Crippen LogP contribution in [0.5, 0.6) is 0 Å². The van der Waals surface area contributed by atoms with Crippen molar-refractivity contribution in [2.24, 2.45) is 0 Å². The number of thioether (sulfide) groups is 1. The summed E-state index contributed by atoms with van der Waals surface area (Å²) in [4.78, 5) is 15.8. The van der Waals surface area contributed by atoms with Gasteiger partial charge in [0.25, 0.3) is 5.91 Å². The molecule has 5 rings (SSSR count). The number of amides is 1. The maximum absolute atomic E-state index is 13.7. The van der Waals surface area contributed by atoms with E-state index in [1.807, 2.05) is 62.5 Å². The highest BCUT2D eigenvalue weighted by molar-refractivity contribution is 8.26. The third kappa shape index (κ3) is 7.29. The van der Waals surface area contributed by atoms with Crippen molar-refractivity contribution in [2.45, 2.75) is 70.0 Å². The van der Waals surface area contributed by atoms with Gasteiger partial charge in [0, 0.05) is 37.0 Å². The molecule has 0 N–H and O–H groups in total. The number of thiocarbonyl (C=S) groups is 1. The summed E-state index contributed by atoms with van der Waals surface area (Å²) in [6, 6.07) is 16.5. The molecule has 11 heteroatoms. The van der Waals surface area contributed by atoms with Crippen LogP contribution in [-0.4, -0.2) is 69.5 Å². The quantitative estimate of drug-likeness (QED) is 0.135. The molecule has 2 aromatic carbocycles. The molecule has 8 nitrogen and oxygen atoms in total. The molecule has 2 atom stereocenters. The Morgan fingerprint density at radius 2 is 1.74 bits per heavy atom. The molecule has 0 saturated carbocycles. The molecule has 0 spiro atoms. The van der Waals surface area contributed by atoms with Crippen LogP contribution in [0.4, 0.5) is 0 Å². The van der Waals surface area contributed by atoms with Crippen molar-refractivity contribution in [3.8, 4) is 16.9 Å². The van der Waals surface area contributed by atoms with Gasteiger partial charge in [-0.2, -0.15) is 9.40 Å². The molecule has 228 valence electrons. The van der Waals surface area contributed by atoms with Crippen LogP contribution in [0.3, 0.4) is 0 Å². The lowest BCUT2D eigenvalue weighted by Crippen LogP contribution is -2.48. The van der Waals surface area contributed by atoms with Gasteiger partial charge in [-0.25, -0.2) is 13.1 Å². The predicted octanol–water partition coefficient (Wildman–Crippen LogP) is 6.51. The first-order valence-electron chi connectivity index (χ1n) is 14.8. The third-order valence-electron chi connectivity index (χ3n) is 7.54. The first-order valence-corrected chi connectivity index (χ1v) is 17.5. The van der Waals surface area contributed by atoms with Crippen molar-refractivity contribution < 1.29 is 17.9 Å². The summed E-state index contributed by atoms with van der Waals surface area (Å²) in [6.07, 6.45) is 8.82. The van der Waals surface area contributed by atoms with E-state index < -0.39 is 10.0 Å². The Labute approximate surface area is 264 Å². The topological polar surface area (TPSA) is 84.7 Å². The number of carbonyl (C=O) groups is 1. The molecule has 2 saturated heterocycles. The number of unbranched alkanes of at least 4 members (excludes halogenated alkanes) is 4. The standard InChI is InChI=1S/C32H38N4O4S3/c1-4-5-6-7-11-17-35-31(37)29(42-32(35)41)19-26-22-36(27-14-9-8-10-15-27)33-30(26)25-13-12-16-28(18-25)43(38,39)34-20-23(2)40-24(3)21-34/h8-10,12-16,18-19,22-24H,4-7,11,17,20-21H2,1-3H3/b29-19+. The number of rotatable bonds is 11. The molecule has 3 heterocycles. The molecular weight excluding hydrogens is 601 g/mol. The molecule has 43 heavy (non-hydrogen) atoms. The van der Waals surface area contributed by atoms with Crippen molar-refractivity contribution in [1.82, 2.24) is 19.0 Å². The van der Waals surface area contributed by atoms with E-state index in [0.29, 0.717) is 45.7 Å². The molecule has 2 aliphatic rings. The van der Waals surface area contributed by atoms with Crippen molar-refractivity contribution in [3.63, 3.8) is 0 Å². The lowest BCUT2D eigenvalue weighted by molar-refractivity contribution is -0.122. The van der Waals surface area contributed by atoms with Gasteiger partial charge in [-0.05, 0) is 50.6 Å². The molecule has 0 radical (unpaired) electrons. The SMILES string of the molecule is CCCCCCCN1C(=O)/C(=C\c2cn(-c3ccccc3)nc2-c2cccc(S(=O)(=O)N3CC(C)OC(C)C3)c2)SC1=S. The Bertz CT molecular complexity index is 1590. The van der Waals surface area contributed by atoms with Crippen LogP contribution in [0.2, 0.25) is 0 Å². The van der Waals surface area contributed by atoms with Crippen molar-refractivity contribution in [2.75, 3.05) is 19.6 Å². The van der Waals surface area contributed by atoms with Crippen molar-refractivity contribution in [3.05, 3.63) is 71.3 Å². The van der Waals surface area contributed by atoms with Gasteiger partial charge in [0.2, 0.25) is 10.0 Å². The van der Waals surface area contributed by atoms with E-state index in [9.17, 15) is 13.2 Å². The van der Waals surface area contributed by atoms with Crippen LogP contribution in [0.15, 0.2) is 70.6 Å². The number of ether oxygens (including phenoxy) is 1. The van der Waals surface area contributed by atoms with E-state index in [1.165, 1.54) is 28.9 Å². The van der Waals surface area contributed by atoms with E-state index in [4.69, 9.17) is 22.1 Å². The summed E-state index contributed by atoms with van der Waals surface area (Å²) in [7, 11) is -3.76. The summed E-state index contributed by atoms with van der Waals surface area (Å²) in [5.74, 6) is -0.101. The molecule has 0 bridgehead atoms. The fraction of sp³-hybridized carbons (Fsp3) is 0.406. The fourth-order valence-corrected chi connectivity index (χ4v) is 8.35. The maximum atomic E-state index is 13.7.